The molecule has 5 aliphatic rings. The summed E-state index contributed by atoms with van der Waals surface area (Å²) in [4.78, 5) is 11.0. The molecule has 6 nitrogen and oxygen atoms in total. The molecule has 0 aromatic heterocycles. The number of alkyl halides is 1. The van der Waals surface area contributed by atoms with Gasteiger partial charge < -0.3 is 20.1 Å². The Morgan fingerprint density at radius 2 is 1.84 bits per heavy atom. The lowest BCUT2D eigenvalue weighted by Crippen LogP contribution is -2.58. The van der Waals surface area contributed by atoms with E-state index in [1.807, 2.05) is 0 Å². The number of hydrogen-bond donors (Lipinski definition) is 2. The first-order valence-electron chi connectivity index (χ1n) is 12.2. The van der Waals surface area contributed by atoms with Gasteiger partial charge in [0.1, 0.15) is 19.4 Å². The van der Waals surface area contributed by atoms with Crippen molar-refractivity contribution in [3.05, 3.63) is 0 Å². The second-order valence-electron chi connectivity index (χ2n) is 11.2. The first-order valence-corrected chi connectivity index (χ1v) is 12.2. The van der Waals surface area contributed by atoms with Gasteiger partial charge in [0.2, 0.25) is 0 Å². The molecule has 0 bridgehead atoms. The lowest BCUT2D eigenvalue weighted by molar-refractivity contribution is -0.0900. The number of aliphatic hydroxyl groups is 1. The number of oxime groups is 2. The zero-order valence-electron chi connectivity index (χ0n) is 19.1. The van der Waals surface area contributed by atoms with Crippen LogP contribution in [0.5, 0.6) is 0 Å². The highest BCUT2D eigenvalue weighted by Gasteiger charge is 2.62. The van der Waals surface area contributed by atoms with Gasteiger partial charge in [-0.1, -0.05) is 24.2 Å². The SMILES string of the molecule is CO/N=C1\C[C@H]2[C@@H]3CC[C@H](O)[C@@]3(C)CC[C@@H]2[C@@]2(C)C[C@@H](F)/C(=N/O[C@H]3CCNC3)CC12. The Balaban J connectivity index is 1.43. The van der Waals surface area contributed by atoms with Gasteiger partial charge in [0.15, 0.2) is 0 Å². The zero-order valence-corrected chi connectivity index (χ0v) is 19.1. The second-order valence-corrected chi connectivity index (χ2v) is 11.2. The fourth-order valence-electron chi connectivity index (χ4n) is 8.04. The molecule has 5 rings (SSSR count). The Morgan fingerprint density at radius 3 is 2.58 bits per heavy atom. The van der Waals surface area contributed by atoms with E-state index in [1.165, 1.54) is 0 Å². The highest BCUT2D eigenvalue weighted by Crippen LogP contribution is 2.65. The summed E-state index contributed by atoms with van der Waals surface area (Å²) in [7, 11) is 1.60. The van der Waals surface area contributed by atoms with Crippen molar-refractivity contribution in [1.82, 2.24) is 5.32 Å². The molecule has 1 unspecified atom stereocenters. The molecule has 0 radical (unpaired) electrons. The summed E-state index contributed by atoms with van der Waals surface area (Å²) in [6.45, 7) is 6.25. The number of nitrogens with one attached hydrogen (secondary N) is 1. The Kier molecular flexibility index (Phi) is 5.57. The summed E-state index contributed by atoms with van der Waals surface area (Å²) in [6, 6.07) is 0. The van der Waals surface area contributed by atoms with Crippen LogP contribution in [0.2, 0.25) is 0 Å². The van der Waals surface area contributed by atoms with Crippen LogP contribution in [0.4, 0.5) is 4.39 Å². The molecule has 1 aliphatic heterocycles. The first-order chi connectivity index (χ1) is 14.9. The molecule has 0 aromatic carbocycles. The van der Waals surface area contributed by atoms with Gasteiger partial charge >= 0.3 is 0 Å². The smallest absolute Gasteiger partial charge is 0.142 e. The maximum atomic E-state index is 15.5. The minimum atomic E-state index is -1.07. The number of nitrogens with zero attached hydrogens (tertiary/aromatic N) is 2. The minimum absolute atomic E-state index is 0.0118. The highest BCUT2D eigenvalue weighted by molar-refractivity contribution is 5.97. The third-order valence-electron chi connectivity index (χ3n) is 9.81. The summed E-state index contributed by atoms with van der Waals surface area (Å²) < 4.78 is 15.5. The largest absolute Gasteiger partial charge is 0.399 e. The number of halogens is 1. The Bertz CT molecular complexity index is 754. The van der Waals surface area contributed by atoms with Crippen molar-refractivity contribution in [3.63, 3.8) is 0 Å². The van der Waals surface area contributed by atoms with Gasteiger partial charge in [-0.25, -0.2) is 4.39 Å². The quantitative estimate of drug-likeness (QED) is 0.663. The van der Waals surface area contributed by atoms with Gasteiger partial charge in [-0.15, -0.1) is 0 Å². The molecule has 4 aliphatic carbocycles. The van der Waals surface area contributed by atoms with E-state index >= 15 is 4.39 Å². The lowest BCUT2D eigenvalue weighted by Gasteiger charge is -2.60. The van der Waals surface area contributed by atoms with Crippen molar-refractivity contribution in [2.24, 2.45) is 44.8 Å². The van der Waals surface area contributed by atoms with Crippen molar-refractivity contribution < 1.29 is 19.2 Å². The summed E-state index contributed by atoms with van der Waals surface area (Å²) in [5.41, 5.74) is 1.41. The standard InChI is InChI=1S/C24H38FN3O3/c1-23-8-6-17-15(16(23)4-5-22(23)29)10-20(27-30-3)18-11-21(19(25)12-24(17,18)2)28-31-14-7-9-26-13-14/h14-19,22,26,29H,4-13H2,1-3H3/b27-20+,28-21+/t14-,15-,16-,17-,18?,19+,22-,23-,24+/m0/s1. The van der Waals surface area contributed by atoms with Crippen LogP contribution in [0.1, 0.15) is 65.2 Å². The van der Waals surface area contributed by atoms with Crippen molar-refractivity contribution >= 4 is 11.4 Å². The van der Waals surface area contributed by atoms with Crippen LogP contribution in [0.15, 0.2) is 10.3 Å². The van der Waals surface area contributed by atoms with Crippen LogP contribution < -0.4 is 5.32 Å². The van der Waals surface area contributed by atoms with Gasteiger partial charge in [-0.05, 0) is 73.7 Å². The maximum absolute atomic E-state index is 15.5. The monoisotopic (exact) mass is 435 g/mol. The molecule has 7 heteroatoms. The van der Waals surface area contributed by atoms with Crippen molar-refractivity contribution in [2.45, 2.75) is 83.6 Å². The third-order valence-corrected chi connectivity index (χ3v) is 9.81. The van der Waals surface area contributed by atoms with E-state index in [0.717, 1.165) is 57.3 Å². The number of aliphatic hydroxyl groups excluding tert-OH is 1. The Morgan fingerprint density at radius 1 is 1.03 bits per heavy atom. The van der Waals surface area contributed by atoms with Gasteiger partial charge in [0.25, 0.3) is 0 Å². The van der Waals surface area contributed by atoms with Gasteiger partial charge in [0, 0.05) is 25.3 Å². The second kappa shape index (κ2) is 7.98. The third kappa shape index (κ3) is 3.41. The molecule has 4 saturated carbocycles. The van der Waals surface area contributed by atoms with E-state index in [4.69, 9.17) is 9.68 Å². The predicted octanol–water partition coefficient (Wildman–Crippen LogP) is 3.68. The molecule has 0 spiro atoms. The molecule has 0 aromatic rings. The van der Waals surface area contributed by atoms with E-state index < -0.39 is 6.17 Å². The molecule has 1 saturated heterocycles. The number of rotatable bonds is 3. The van der Waals surface area contributed by atoms with E-state index in [0.29, 0.717) is 36.3 Å². The summed E-state index contributed by atoms with van der Waals surface area (Å²) >= 11 is 0. The van der Waals surface area contributed by atoms with Crippen LogP contribution in [-0.2, 0) is 9.68 Å². The Labute approximate surface area is 185 Å². The number of fused-ring (bicyclic) bond motifs is 5. The van der Waals surface area contributed by atoms with Crippen LogP contribution in [0, 0.1) is 34.5 Å². The predicted molar refractivity (Wildman–Crippen MR) is 118 cm³/mol. The van der Waals surface area contributed by atoms with E-state index in [1.54, 1.807) is 7.11 Å². The summed E-state index contributed by atoms with van der Waals surface area (Å²) in [5, 5.41) is 22.8. The van der Waals surface area contributed by atoms with Gasteiger partial charge in [-0.3, -0.25) is 0 Å². The van der Waals surface area contributed by atoms with Gasteiger partial charge in [-0.2, -0.15) is 0 Å². The molecule has 174 valence electrons. The lowest BCUT2D eigenvalue weighted by atomic mass is 9.44. The minimum Gasteiger partial charge on any atom is -0.399 e. The zero-order chi connectivity index (χ0) is 21.8. The highest BCUT2D eigenvalue weighted by atomic mass is 19.1. The van der Waals surface area contributed by atoms with E-state index in [9.17, 15) is 5.11 Å². The summed E-state index contributed by atoms with van der Waals surface area (Å²) in [5.74, 6) is 1.52. The molecule has 5 fully saturated rings. The van der Waals surface area contributed by atoms with Crippen molar-refractivity contribution in [1.29, 1.82) is 0 Å². The van der Waals surface area contributed by atoms with E-state index in [-0.39, 0.29) is 29.0 Å². The topological polar surface area (TPSA) is 75.4 Å². The van der Waals surface area contributed by atoms with Crippen LogP contribution in [0.3, 0.4) is 0 Å². The average molecular weight is 436 g/mol. The average Bonchev–Trinajstić information content (AvgIpc) is 3.35. The maximum Gasteiger partial charge on any atom is 0.142 e. The van der Waals surface area contributed by atoms with E-state index in [2.05, 4.69) is 29.5 Å². The molecule has 0 amide bonds. The van der Waals surface area contributed by atoms with Crippen molar-refractivity contribution in [3.8, 4) is 0 Å². The molecular formula is C24H38FN3O3. The van der Waals surface area contributed by atoms with Gasteiger partial charge in [0.05, 0.1) is 17.5 Å². The van der Waals surface area contributed by atoms with Crippen molar-refractivity contribution in [2.75, 3.05) is 20.2 Å². The molecule has 1 heterocycles. The fourth-order valence-corrected chi connectivity index (χ4v) is 8.04. The van der Waals surface area contributed by atoms with Crippen LogP contribution in [0.25, 0.3) is 0 Å². The fraction of sp³-hybridized carbons (Fsp3) is 0.917. The molecule has 31 heavy (non-hydrogen) atoms. The summed E-state index contributed by atoms with van der Waals surface area (Å²) in [6.07, 6.45) is 5.65. The Hall–Kier alpha value is -1.21. The first kappa shape index (κ1) is 21.6. The number of hydrogen-bond acceptors (Lipinski definition) is 6. The molecule has 2 N–H and O–H groups in total. The van der Waals surface area contributed by atoms with Crippen LogP contribution in [-0.4, -0.2) is 55.1 Å². The molecular weight excluding hydrogens is 397 g/mol. The normalized spacial score (nSPS) is 52.0. The molecule has 9 atom stereocenters. The van der Waals surface area contributed by atoms with Crippen LogP contribution >= 0.6 is 0 Å².